The molecular formula is C4H5NO. The molecule has 0 bridgehead atoms. The molecule has 0 aromatic rings. The molecule has 0 amide bonds. The van der Waals surface area contributed by atoms with Crippen molar-refractivity contribution in [2.75, 3.05) is 0 Å². The molecule has 6 heavy (non-hydrogen) atoms. The normalized spacial score (nSPS) is 41.3. The number of hydrogen-bond acceptors (Lipinski definition) is 2. The van der Waals surface area contributed by atoms with Crippen molar-refractivity contribution in [2.24, 2.45) is 0 Å². The molecule has 1 aliphatic rings. The lowest BCUT2D eigenvalue weighted by molar-refractivity contribution is 0.402. The van der Waals surface area contributed by atoms with Gasteiger partial charge in [0, 0.05) is 0 Å². The SMILES string of the molecule is C[C@@H]1O[C@H]1C#N. The Labute approximate surface area is 36.3 Å². The van der Waals surface area contributed by atoms with E-state index in [1.54, 1.807) is 0 Å². The Morgan fingerprint density at radius 2 is 2.33 bits per heavy atom. The molecule has 0 aromatic heterocycles. The Hall–Kier alpha value is -0.550. The van der Waals surface area contributed by atoms with Gasteiger partial charge in [-0.15, -0.1) is 0 Å². The van der Waals surface area contributed by atoms with E-state index in [2.05, 4.69) is 0 Å². The zero-order valence-electron chi connectivity index (χ0n) is 3.51. The fourth-order valence-corrected chi connectivity index (χ4v) is 0.321. The first-order valence-corrected chi connectivity index (χ1v) is 1.89. The van der Waals surface area contributed by atoms with Crippen molar-refractivity contribution in [1.82, 2.24) is 0 Å². The van der Waals surface area contributed by atoms with Gasteiger partial charge in [-0.1, -0.05) is 0 Å². The molecule has 1 rings (SSSR count). The number of nitrogens with zero attached hydrogens (tertiary/aromatic N) is 1. The Kier molecular flexibility index (Phi) is 0.578. The summed E-state index contributed by atoms with van der Waals surface area (Å²) in [5, 5.41) is 8.00. The number of rotatable bonds is 0. The lowest BCUT2D eigenvalue weighted by atomic mass is 10.4. The molecule has 1 aliphatic heterocycles. The van der Waals surface area contributed by atoms with Gasteiger partial charge in [0.25, 0.3) is 0 Å². The Bertz CT molecular complexity index is 94.2. The molecule has 0 radical (unpaired) electrons. The summed E-state index contributed by atoms with van der Waals surface area (Å²) in [6, 6.07) is 1.97. The van der Waals surface area contributed by atoms with Crippen LogP contribution in [0.1, 0.15) is 6.92 Å². The minimum atomic E-state index is -0.0926. The lowest BCUT2D eigenvalue weighted by Gasteiger charge is -1.55. The van der Waals surface area contributed by atoms with Crippen molar-refractivity contribution in [3.05, 3.63) is 0 Å². The average Bonchev–Trinajstić information content (AvgIpc) is 2.19. The highest BCUT2D eigenvalue weighted by molar-refractivity contribution is 4.99. The second-order valence-electron chi connectivity index (χ2n) is 1.39. The second kappa shape index (κ2) is 0.954. The van der Waals surface area contributed by atoms with E-state index >= 15 is 0 Å². The highest BCUT2D eigenvalue weighted by Gasteiger charge is 2.33. The number of ether oxygens (including phenoxy) is 1. The predicted octanol–water partition coefficient (Wildman–Crippen LogP) is 0.297. The van der Waals surface area contributed by atoms with Gasteiger partial charge in [-0.2, -0.15) is 5.26 Å². The third-order valence-corrected chi connectivity index (χ3v) is 0.838. The van der Waals surface area contributed by atoms with Crippen molar-refractivity contribution < 1.29 is 4.74 Å². The first-order valence-electron chi connectivity index (χ1n) is 1.89. The molecule has 2 heteroatoms. The van der Waals surface area contributed by atoms with Crippen LogP contribution in [0.3, 0.4) is 0 Å². The summed E-state index contributed by atoms with van der Waals surface area (Å²) < 4.78 is 4.70. The van der Waals surface area contributed by atoms with Crippen molar-refractivity contribution in [3.8, 4) is 6.07 Å². The minimum Gasteiger partial charge on any atom is -0.354 e. The van der Waals surface area contributed by atoms with E-state index in [0.717, 1.165) is 0 Å². The van der Waals surface area contributed by atoms with Gasteiger partial charge in [0.1, 0.15) is 0 Å². The second-order valence-corrected chi connectivity index (χ2v) is 1.39. The van der Waals surface area contributed by atoms with E-state index in [0.29, 0.717) is 0 Å². The highest BCUT2D eigenvalue weighted by Crippen LogP contribution is 2.18. The largest absolute Gasteiger partial charge is 0.354 e. The molecule has 1 fully saturated rings. The molecule has 0 unspecified atom stereocenters. The molecule has 1 heterocycles. The number of hydrogen-bond donors (Lipinski definition) is 0. The molecule has 0 N–H and O–H groups in total. The van der Waals surface area contributed by atoms with Crippen LogP contribution in [-0.2, 0) is 4.74 Å². The minimum absolute atomic E-state index is 0.0926. The topological polar surface area (TPSA) is 36.3 Å². The summed E-state index contributed by atoms with van der Waals surface area (Å²) >= 11 is 0. The Balaban J connectivity index is 2.31. The quantitative estimate of drug-likeness (QED) is 0.395. The van der Waals surface area contributed by atoms with Crippen molar-refractivity contribution in [1.29, 1.82) is 5.26 Å². The van der Waals surface area contributed by atoms with Gasteiger partial charge in [0.2, 0.25) is 0 Å². The summed E-state index contributed by atoms with van der Waals surface area (Å²) in [4.78, 5) is 0. The maximum absolute atomic E-state index is 8.00. The van der Waals surface area contributed by atoms with E-state index in [1.165, 1.54) is 0 Å². The van der Waals surface area contributed by atoms with Crippen LogP contribution in [0.25, 0.3) is 0 Å². The van der Waals surface area contributed by atoms with Crippen molar-refractivity contribution in [3.63, 3.8) is 0 Å². The first-order chi connectivity index (χ1) is 2.84. The summed E-state index contributed by atoms with van der Waals surface area (Å²) in [7, 11) is 0. The van der Waals surface area contributed by atoms with Gasteiger partial charge in [-0.3, -0.25) is 0 Å². The molecule has 0 saturated carbocycles. The Morgan fingerprint density at radius 3 is 2.33 bits per heavy atom. The van der Waals surface area contributed by atoms with Crippen LogP contribution in [0, 0.1) is 11.3 Å². The summed E-state index contributed by atoms with van der Waals surface area (Å²) in [5.74, 6) is 0. The van der Waals surface area contributed by atoms with Crippen LogP contribution < -0.4 is 0 Å². The number of epoxide rings is 1. The standard InChI is InChI=1S/C4H5NO/c1-3-4(2-5)6-3/h3-4H,1H3/t3-,4-/m0/s1. The zero-order chi connectivity index (χ0) is 4.57. The molecular weight excluding hydrogens is 78.0 g/mol. The third-order valence-electron chi connectivity index (χ3n) is 0.838. The fraction of sp³-hybridized carbons (Fsp3) is 0.750. The molecule has 32 valence electrons. The lowest BCUT2D eigenvalue weighted by Crippen LogP contribution is -1.78. The molecule has 0 aromatic carbocycles. The molecule has 0 spiro atoms. The van der Waals surface area contributed by atoms with Gasteiger partial charge < -0.3 is 4.74 Å². The fourth-order valence-electron chi connectivity index (χ4n) is 0.321. The van der Waals surface area contributed by atoms with E-state index in [9.17, 15) is 0 Å². The van der Waals surface area contributed by atoms with Gasteiger partial charge in [-0.05, 0) is 6.92 Å². The third kappa shape index (κ3) is 0.373. The average molecular weight is 83.1 g/mol. The predicted molar refractivity (Wildman–Crippen MR) is 19.9 cm³/mol. The first kappa shape index (κ1) is 3.63. The Morgan fingerprint density at radius 1 is 1.83 bits per heavy atom. The molecule has 2 atom stereocenters. The summed E-state index contributed by atoms with van der Waals surface area (Å²) in [6.45, 7) is 1.88. The van der Waals surface area contributed by atoms with Crippen LogP contribution >= 0.6 is 0 Å². The maximum Gasteiger partial charge on any atom is 0.170 e. The summed E-state index contributed by atoms with van der Waals surface area (Å²) in [5.41, 5.74) is 0. The van der Waals surface area contributed by atoms with Gasteiger partial charge in [0.15, 0.2) is 6.10 Å². The number of nitriles is 1. The van der Waals surface area contributed by atoms with E-state index in [1.807, 2.05) is 13.0 Å². The van der Waals surface area contributed by atoms with Crippen LogP contribution in [-0.4, -0.2) is 12.2 Å². The van der Waals surface area contributed by atoms with Crippen molar-refractivity contribution in [2.45, 2.75) is 19.1 Å². The monoisotopic (exact) mass is 83.0 g/mol. The van der Waals surface area contributed by atoms with E-state index < -0.39 is 0 Å². The molecule has 2 nitrogen and oxygen atoms in total. The van der Waals surface area contributed by atoms with Crippen LogP contribution in [0.5, 0.6) is 0 Å². The molecule has 0 aliphatic carbocycles. The summed E-state index contributed by atoms with van der Waals surface area (Å²) in [6.07, 6.45) is 0.111. The van der Waals surface area contributed by atoms with Crippen LogP contribution in [0.2, 0.25) is 0 Å². The van der Waals surface area contributed by atoms with Gasteiger partial charge in [0.05, 0.1) is 12.2 Å². The maximum atomic E-state index is 8.00. The van der Waals surface area contributed by atoms with Crippen LogP contribution in [0.15, 0.2) is 0 Å². The van der Waals surface area contributed by atoms with E-state index in [4.69, 9.17) is 10.00 Å². The van der Waals surface area contributed by atoms with Gasteiger partial charge >= 0.3 is 0 Å². The van der Waals surface area contributed by atoms with Crippen molar-refractivity contribution >= 4 is 0 Å². The molecule has 1 saturated heterocycles. The van der Waals surface area contributed by atoms with Gasteiger partial charge in [-0.25, -0.2) is 0 Å². The highest BCUT2D eigenvalue weighted by atomic mass is 16.6. The van der Waals surface area contributed by atoms with Crippen LogP contribution in [0.4, 0.5) is 0 Å². The zero-order valence-corrected chi connectivity index (χ0v) is 3.51. The van der Waals surface area contributed by atoms with E-state index in [-0.39, 0.29) is 12.2 Å². The smallest absolute Gasteiger partial charge is 0.170 e.